The van der Waals surface area contributed by atoms with Crippen LogP contribution in [0, 0.1) is 6.92 Å². The van der Waals surface area contributed by atoms with Crippen LogP contribution < -0.4 is 5.32 Å². The Labute approximate surface area is 141 Å². The van der Waals surface area contributed by atoms with Gasteiger partial charge in [0.1, 0.15) is 11.5 Å². The molecule has 0 saturated heterocycles. The van der Waals surface area contributed by atoms with Crippen molar-refractivity contribution in [3.05, 3.63) is 39.7 Å². The molecule has 0 unspecified atom stereocenters. The summed E-state index contributed by atoms with van der Waals surface area (Å²) in [5, 5.41) is 21.3. The monoisotopic (exact) mass is 348 g/mol. The fourth-order valence-corrected chi connectivity index (χ4v) is 3.46. The van der Waals surface area contributed by atoms with Gasteiger partial charge < -0.3 is 10.4 Å². The molecule has 0 radical (unpaired) electrons. The Morgan fingerprint density at radius 3 is 2.96 bits per heavy atom. The molecule has 0 aliphatic carbocycles. The van der Waals surface area contributed by atoms with Crippen LogP contribution in [0.2, 0.25) is 0 Å². The zero-order chi connectivity index (χ0) is 16.2. The van der Waals surface area contributed by atoms with Gasteiger partial charge in [-0.2, -0.15) is 5.10 Å². The minimum Gasteiger partial charge on any atom is -0.394 e. The summed E-state index contributed by atoms with van der Waals surface area (Å²) in [6.45, 7) is 2.20. The molecule has 3 aromatic heterocycles. The average Bonchev–Trinajstić information content (AvgIpc) is 3.22. The first-order valence-corrected chi connectivity index (χ1v) is 8.85. The van der Waals surface area contributed by atoms with Gasteiger partial charge in [0.15, 0.2) is 0 Å². The van der Waals surface area contributed by atoms with Gasteiger partial charge in [-0.1, -0.05) is 6.07 Å². The Kier molecular flexibility index (Phi) is 4.85. The van der Waals surface area contributed by atoms with Crippen LogP contribution in [0.25, 0.3) is 10.6 Å². The van der Waals surface area contributed by atoms with Gasteiger partial charge >= 0.3 is 0 Å². The molecule has 0 aromatic carbocycles. The van der Waals surface area contributed by atoms with Gasteiger partial charge in [0, 0.05) is 11.4 Å². The Bertz CT molecular complexity index is 792. The molecule has 1 amide bonds. The zero-order valence-corrected chi connectivity index (χ0v) is 14.2. The maximum atomic E-state index is 12.2. The van der Waals surface area contributed by atoms with Crippen LogP contribution >= 0.6 is 22.7 Å². The second kappa shape index (κ2) is 7.03. The second-order valence-corrected chi connectivity index (χ2v) is 6.93. The van der Waals surface area contributed by atoms with E-state index in [1.54, 1.807) is 16.0 Å². The number of thiazole rings is 1. The molecule has 3 aromatic rings. The van der Waals surface area contributed by atoms with Crippen molar-refractivity contribution in [2.75, 3.05) is 11.9 Å². The molecule has 0 aliphatic heterocycles. The van der Waals surface area contributed by atoms with Gasteiger partial charge in [-0.15, -0.1) is 22.7 Å². The van der Waals surface area contributed by atoms with Gasteiger partial charge in [-0.3, -0.25) is 4.79 Å². The van der Waals surface area contributed by atoms with Gasteiger partial charge in [0.2, 0.25) is 5.91 Å². The maximum absolute atomic E-state index is 12.2. The van der Waals surface area contributed by atoms with Gasteiger partial charge in [0.05, 0.1) is 35.2 Å². The summed E-state index contributed by atoms with van der Waals surface area (Å²) in [5.41, 5.74) is 1.55. The number of hydrogen-bond donors (Lipinski definition) is 2. The topological polar surface area (TPSA) is 80.0 Å². The summed E-state index contributed by atoms with van der Waals surface area (Å²) in [6.07, 6.45) is 0.225. The van der Waals surface area contributed by atoms with Gasteiger partial charge in [0.25, 0.3) is 0 Å². The lowest BCUT2D eigenvalue weighted by Crippen LogP contribution is -2.18. The number of nitrogens with one attached hydrogen (secondary N) is 1. The summed E-state index contributed by atoms with van der Waals surface area (Å²) in [7, 11) is 0. The average molecular weight is 348 g/mol. The number of carbonyl (C=O) groups is 1. The third kappa shape index (κ3) is 3.84. The highest BCUT2D eigenvalue weighted by Crippen LogP contribution is 2.26. The number of aromatic nitrogens is 3. The summed E-state index contributed by atoms with van der Waals surface area (Å²) < 4.78 is 1.61. The van der Waals surface area contributed by atoms with Crippen LogP contribution in [0.5, 0.6) is 0 Å². The number of rotatable bonds is 6. The van der Waals surface area contributed by atoms with E-state index in [0.717, 1.165) is 21.3 Å². The summed E-state index contributed by atoms with van der Waals surface area (Å²) in [5.74, 6) is 0.437. The van der Waals surface area contributed by atoms with E-state index < -0.39 is 0 Å². The molecule has 3 heterocycles. The molecule has 6 nitrogen and oxygen atoms in total. The maximum Gasteiger partial charge on any atom is 0.231 e. The molecule has 8 heteroatoms. The van der Waals surface area contributed by atoms with Crippen molar-refractivity contribution in [2.24, 2.45) is 0 Å². The SMILES string of the molecule is Cc1nc(CC(=O)Nc2cc(-c3cccs3)nn2CCO)cs1. The molecule has 0 bridgehead atoms. The quantitative estimate of drug-likeness (QED) is 0.717. The van der Waals surface area contributed by atoms with Gasteiger partial charge in [-0.25, -0.2) is 9.67 Å². The summed E-state index contributed by atoms with van der Waals surface area (Å²) >= 11 is 3.11. The van der Waals surface area contributed by atoms with E-state index >= 15 is 0 Å². The van der Waals surface area contributed by atoms with Crippen LogP contribution in [0.1, 0.15) is 10.7 Å². The molecule has 23 heavy (non-hydrogen) atoms. The normalized spacial score (nSPS) is 10.9. The van der Waals surface area contributed by atoms with Crippen LogP contribution in [0.15, 0.2) is 29.0 Å². The molecule has 3 rings (SSSR count). The van der Waals surface area contributed by atoms with E-state index in [9.17, 15) is 9.90 Å². The highest BCUT2D eigenvalue weighted by atomic mass is 32.1. The first-order valence-electron chi connectivity index (χ1n) is 7.09. The Morgan fingerprint density at radius 1 is 1.43 bits per heavy atom. The van der Waals surface area contributed by atoms with Crippen molar-refractivity contribution in [2.45, 2.75) is 19.9 Å². The molecule has 0 atom stereocenters. The Morgan fingerprint density at radius 2 is 2.30 bits per heavy atom. The summed E-state index contributed by atoms with van der Waals surface area (Å²) in [4.78, 5) is 17.5. The fourth-order valence-electron chi connectivity index (χ4n) is 2.17. The van der Waals surface area contributed by atoms with Crippen molar-refractivity contribution >= 4 is 34.4 Å². The first-order chi connectivity index (χ1) is 11.2. The van der Waals surface area contributed by atoms with E-state index in [4.69, 9.17) is 0 Å². The van der Waals surface area contributed by atoms with Crippen molar-refractivity contribution in [1.29, 1.82) is 0 Å². The Balaban J connectivity index is 1.76. The summed E-state index contributed by atoms with van der Waals surface area (Å²) in [6, 6.07) is 5.75. The van der Waals surface area contributed by atoms with E-state index in [0.29, 0.717) is 12.4 Å². The lowest BCUT2D eigenvalue weighted by molar-refractivity contribution is -0.115. The number of nitrogens with zero attached hydrogens (tertiary/aromatic N) is 3. The van der Waals surface area contributed by atoms with Crippen molar-refractivity contribution < 1.29 is 9.90 Å². The van der Waals surface area contributed by atoms with E-state index in [1.165, 1.54) is 11.3 Å². The predicted molar refractivity (Wildman–Crippen MR) is 91.8 cm³/mol. The smallest absolute Gasteiger partial charge is 0.231 e. The van der Waals surface area contributed by atoms with Crippen LogP contribution in [-0.4, -0.2) is 32.4 Å². The largest absolute Gasteiger partial charge is 0.394 e. The lowest BCUT2D eigenvalue weighted by atomic mass is 10.3. The Hall–Kier alpha value is -2.03. The van der Waals surface area contributed by atoms with Crippen molar-refractivity contribution in [3.8, 4) is 10.6 Å². The molecular weight excluding hydrogens is 332 g/mol. The fraction of sp³-hybridized carbons (Fsp3) is 0.267. The highest BCUT2D eigenvalue weighted by Gasteiger charge is 2.14. The van der Waals surface area contributed by atoms with Crippen LogP contribution in [-0.2, 0) is 17.8 Å². The van der Waals surface area contributed by atoms with E-state index in [2.05, 4.69) is 15.4 Å². The van der Waals surface area contributed by atoms with Crippen LogP contribution in [0.4, 0.5) is 5.82 Å². The predicted octanol–water partition coefficient (Wildman–Crippen LogP) is 2.55. The second-order valence-electron chi connectivity index (χ2n) is 4.92. The van der Waals surface area contributed by atoms with E-state index in [-0.39, 0.29) is 18.9 Å². The van der Waals surface area contributed by atoms with E-state index in [1.807, 2.05) is 35.9 Å². The third-order valence-electron chi connectivity index (χ3n) is 3.14. The number of thiophene rings is 1. The molecule has 2 N–H and O–H groups in total. The number of carbonyl (C=O) groups excluding carboxylic acids is 1. The zero-order valence-electron chi connectivity index (χ0n) is 12.5. The molecule has 0 fully saturated rings. The third-order valence-corrected chi connectivity index (χ3v) is 4.86. The number of aliphatic hydroxyl groups is 1. The first kappa shape index (κ1) is 15.9. The lowest BCUT2D eigenvalue weighted by Gasteiger charge is -2.06. The molecule has 0 spiro atoms. The van der Waals surface area contributed by atoms with Crippen molar-refractivity contribution in [1.82, 2.24) is 14.8 Å². The molecule has 0 saturated carbocycles. The van der Waals surface area contributed by atoms with Crippen molar-refractivity contribution in [3.63, 3.8) is 0 Å². The number of anilines is 1. The number of hydrogen-bond acceptors (Lipinski definition) is 6. The minimum absolute atomic E-state index is 0.0420. The molecule has 120 valence electrons. The minimum atomic E-state index is -0.146. The van der Waals surface area contributed by atoms with Gasteiger partial charge in [-0.05, 0) is 18.4 Å². The molecule has 0 aliphatic rings. The standard InChI is InChI=1S/C15H16N4O2S2/c1-10-16-11(9-23-10)7-15(21)17-14-8-12(13-3-2-6-22-13)18-19(14)4-5-20/h2-3,6,8-9,20H,4-5,7H2,1H3,(H,17,21). The number of aryl methyl sites for hydroxylation is 1. The highest BCUT2D eigenvalue weighted by molar-refractivity contribution is 7.13. The number of aliphatic hydroxyl groups excluding tert-OH is 1. The number of amides is 1. The van der Waals surface area contributed by atoms with Crippen LogP contribution in [0.3, 0.4) is 0 Å². The molecular formula is C15H16N4O2S2.